The molecule has 1 aromatic heterocycles. The van der Waals surface area contributed by atoms with Gasteiger partial charge in [0.25, 0.3) is 0 Å². The van der Waals surface area contributed by atoms with Crippen LogP contribution in [0.3, 0.4) is 0 Å². The minimum atomic E-state index is -0.119. The number of H-pyrrole nitrogens is 1. The van der Waals surface area contributed by atoms with Crippen molar-refractivity contribution >= 4 is 5.91 Å². The fraction of sp³-hybridized carbons (Fsp3) is 0.538. The first-order valence-corrected chi connectivity index (χ1v) is 6.43. The van der Waals surface area contributed by atoms with Gasteiger partial charge in [-0.05, 0) is 13.3 Å². The molecule has 0 aromatic carbocycles. The molecule has 1 amide bonds. The van der Waals surface area contributed by atoms with Crippen LogP contribution in [0.5, 0.6) is 0 Å². The van der Waals surface area contributed by atoms with E-state index in [0.717, 1.165) is 30.9 Å². The fourth-order valence-corrected chi connectivity index (χ4v) is 2.66. The van der Waals surface area contributed by atoms with E-state index in [1.807, 2.05) is 4.90 Å². The SMILES string of the molecule is CC1=CCCN(C(=O)C2Cc3nc[nH]c3CN2)C1. The highest BCUT2D eigenvalue weighted by molar-refractivity contribution is 5.82. The maximum absolute atomic E-state index is 12.4. The first kappa shape index (κ1) is 11.5. The summed E-state index contributed by atoms with van der Waals surface area (Å²) < 4.78 is 0. The molecule has 2 aliphatic heterocycles. The summed E-state index contributed by atoms with van der Waals surface area (Å²) >= 11 is 0. The fourth-order valence-electron chi connectivity index (χ4n) is 2.66. The minimum absolute atomic E-state index is 0.119. The monoisotopic (exact) mass is 246 g/mol. The Morgan fingerprint density at radius 2 is 2.44 bits per heavy atom. The largest absolute Gasteiger partial charge is 0.347 e. The lowest BCUT2D eigenvalue weighted by Gasteiger charge is -2.31. The Kier molecular flexibility index (Phi) is 2.91. The molecule has 3 rings (SSSR count). The molecule has 1 unspecified atom stereocenters. The van der Waals surface area contributed by atoms with Gasteiger partial charge in [-0.25, -0.2) is 4.98 Å². The molecule has 0 saturated carbocycles. The van der Waals surface area contributed by atoms with Crippen LogP contribution in [0.25, 0.3) is 0 Å². The zero-order valence-electron chi connectivity index (χ0n) is 10.6. The molecule has 0 aliphatic carbocycles. The van der Waals surface area contributed by atoms with E-state index in [4.69, 9.17) is 0 Å². The van der Waals surface area contributed by atoms with Crippen LogP contribution >= 0.6 is 0 Å². The number of nitrogens with zero attached hydrogens (tertiary/aromatic N) is 2. The van der Waals surface area contributed by atoms with Crippen LogP contribution in [0.15, 0.2) is 18.0 Å². The normalized spacial score (nSPS) is 23.5. The summed E-state index contributed by atoms with van der Waals surface area (Å²) in [6.45, 7) is 4.39. The summed E-state index contributed by atoms with van der Waals surface area (Å²) in [6, 6.07) is -0.119. The van der Waals surface area contributed by atoms with Crippen LogP contribution < -0.4 is 5.32 Å². The molecule has 0 spiro atoms. The molecule has 3 heterocycles. The lowest BCUT2D eigenvalue weighted by atomic mass is 10.0. The van der Waals surface area contributed by atoms with Gasteiger partial charge in [0, 0.05) is 26.1 Å². The molecule has 5 heteroatoms. The van der Waals surface area contributed by atoms with Gasteiger partial charge in [-0.15, -0.1) is 0 Å². The lowest BCUT2D eigenvalue weighted by Crippen LogP contribution is -2.50. The molecule has 96 valence electrons. The maximum Gasteiger partial charge on any atom is 0.240 e. The third-order valence-corrected chi connectivity index (χ3v) is 3.67. The Morgan fingerprint density at radius 1 is 1.56 bits per heavy atom. The van der Waals surface area contributed by atoms with Gasteiger partial charge in [-0.3, -0.25) is 10.1 Å². The second kappa shape index (κ2) is 4.57. The molecule has 1 aromatic rings. The molecule has 0 bridgehead atoms. The summed E-state index contributed by atoms with van der Waals surface area (Å²) in [7, 11) is 0. The number of nitrogens with one attached hydrogen (secondary N) is 2. The molecular weight excluding hydrogens is 228 g/mol. The smallest absolute Gasteiger partial charge is 0.240 e. The second-order valence-corrected chi connectivity index (χ2v) is 5.06. The number of carbonyl (C=O) groups is 1. The zero-order chi connectivity index (χ0) is 12.5. The number of carbonyl (C=O) groups excluding carboxylic acids is 1. The van der Waals surface area contributed by atoms with E-state index in [-0.39, 0.29) is 11.9 Å². The Hall–Kier alpha value is -1.62. The van der Waals surface area contributed by atoms with Crippen molar-refractivity contribution in [2.75, 3.05) is 13.1 Å². The topological polar surface area (TPSA) is 61.0 Å². The predicted octanol–water partition coefficient (Wildman–Crippen LogP) is 0.603. The standard InChI is InChI=1S/C13H18N4O/c1-9-3-2-4-17(7-9)13(18)11-5-10-12(6-14-11)16-8-15-10/h3,8,11,14H,2,4-7H2,1H3,(H,15,16). The third-order valence-electron chi connectivity index (χ3n) is 3.67. The molecule has 0 radical (unpaired) electrons. The molecule has 0 fully saturated rings. The van der Waals surface area contributed by atoms with E-state index < -0.39 is 0 Å². The van der Waals surface area contributed by atoms with Gasteiger partial charge in [-0.2, -0.15) is 0 Å². The number of aromatic amines is 1. The number of imidazole rings is 1. The van der Waals surface area contributed by atoms with Crippen molar-refractivity contribution in [3.8, 4) is 0 Å². The van der Waals surface area contributed by atoms with Crippen LogP contribution in [0.1, 0.15) is 24.7 Å². The third kappa shape index (κ3) is 2.06. The van der Waals surface area contributed by atoms with Crippen molar-refractivity contribution < 1.29 is 4.79 Å². The average Bonchev–Trinajstić information content (AvgIpc) is 2.85. The molecular formula is C13H18N4O. The van der Waals surface area contributed by atoms with E-state index >= 15 is 0 Å². The van der Waals surface area contributed by atoms with Gasteiger partial charge in [0.1, 0.15) is 0 Å². The summed E-state index contributed by atoms with van der Waals surface area (Å²) in [4.78, 5) is 21.7. The predicted molar refractivity (Wildman–Crippen MR) is 67.9 cm³/mol. The lowest BCUT2D eigenvalue weighted by molar-refractivity contribution is -0.133. The van der Waals surface area contributed by atoms with Crippen LogP contribution in [-0.4, -0.2) is 39.9 Å². The van der Waals surface area contributed by atoms with Crippen molar-refractivity contribution in [2.45, 2.75) is 32.4 Å². The molecule has 18 heavy (non-hydrogen) atoms. The summed E-state index contributed by atoms with van der Waals surface area (Å²) in [5, 5.41) is 3.29. The Morgan fingerprint density at radius 3 is 3.28 bits per heavy atom. The quantitative estimate of drug-likeness (QED) is 0.713. The van der Waals surface area contributed by atoms with Crippen molar-refractivity contribution in [1.82, 2.24) is 20.2 Å². The Bertz CT molecular complexity index is 491. The average molecular weight is 246 g/mol. The molecule has 2 aliphatic rings. The second-order valence-electron chi connectivity index (χ2n) is 5.06. The van der Waals surface area contributed by atoms with Gasteiger partial charge in [0.2, 0.25) is 5.91 Å². The van der Waals surface area contributed by atoms with Gasteiger partial charge >= 0.3 is 0 Å². The highest BCUT2D eigenvalue weighted by Gasteiger charge is 2.29. The van der Waals surface area contributed by atoms with Crippen molar-refractivity contribution in [3.63, 3.8) is 0 Å². The van der Waals surface area contributed by atoms with E-state index in [1.54, 1.807) is 6.33 Å². The molecule has 0 saturated heterocycles. The van der Waals surface area contributed by atoms with Gasteiger partial charge in [0.05, 0.1) is 23.8 Å². The van der Waals surface area contributed by atoms with Crippen LogP contribution in [0.4, 0.5) is 0 Å². The number of rotatable bonds is 1. The van der Waals surface area contributed by atoms with Crippen LogP contribution in [-0.2, 0) is 17.8 Å². The van der Waals surface area contributed by atoms with Crippen molar-refractivity contribution in [2.24, 2.45) is 0 Å². The van der Waals surface area contributed by atoms with Gasteiger partial charge < -0.3 is 9.88 Å². The van der Waals surface area contributed by atoms with Crippen LogP contribution in [0.2, 0.25) is 0 Å². The number of amides is 1. The highest BCUT2D eigenvalue weighted by Crippen LogP contribution is 2.16. The number of hydrogen-bond acceptors (Lipinski definition) is 3. The van der Waals surface area contributed by atoms with Gasteiger partial charge in [0.15, 0.2) is 0 Å². The molecule has 5 nitrogen and oxygen atoms in total. The maximum atomic E-state index is 12.4. The first-order valence-electron chi connectivity index (χ1n) is 6.43. The number of hydrogen-bond donors (Lipinski definition) is 2. The molecule has 1 atom stereocenters. The minimum Gasteiger partial charge on any atom is -0.347 e. The van der Waals surface area contributed by atoms with Crippen molar-refractivity contribution in [3.05, 3.63) is 29.4 Å². The van der Waals surface area contributed by atoms with Crippen LogP contribution in [0, 0.1) is 0 Å². The van der Waals surface area contributed by atoms with E-state index in [0.29, 0.717) is 13.0 Å². The van der Waals surface area contributed by atoms with E-state index in [1.165, 1.54) is 5.57 Å². The van der Waals surface area contributed by atoms with Crippen molar-refractivity contribution in [1.29, 1.82) is 0 Å². The zero-order valence-corrected chi connectivity index (χ0v) is 10.6. The highest BCUT2D eigenvalue weighted by atomic mass is 16.2. The summed E-state index contributed by atoms with van der Waals surface area (Å²) in [5.74, 6) is 0.205. The number of aromatic nitrogens is 2. The molecule has 2 N–H and O–H groups in total. The van der Waals surface area contributed by atoms with Gasteiger partial charge in [-0.1, -0.05) is 11.6 Å². The Balaban J connectivity index is 1.69. The Labute approximate surface area is 106 Å². The first-order chi connectivity index (χ1) is 8.74. The summed E-state index contributed by atoms with van der Waals surface area (Å²) in [5.41, 5.74) is 3.41. The number of fused-ring (bicyclic) bond motifs is 1. The van der Waals surface area contributed by atoms with E-state index in [2.05, 4.69) is 28.3 Å². The summed E-state index contributed by atoms with van der Waals surface area (Å²) in [6.07, 6.45) is 5.58. The van der Waals surface area contributed by atoms with E-state index in [9.17, 15) is 4.79 Å².